The van der Waals surface area contributed by atoms with Gasteiger partial charge in [-0.25, -0.2) is 4.98 Å². The maximum Gasteiger partial charge on any atom is 0.146 e. The summed E-state index contributed by atoms with van der Waals surface area (Å²) in [4.78, 5) is 4.56. The predicted molar refractivity (Wildman–Crippen MR) is 75.4 cm³/mol. The third-order valence-electron chi connectivity index (χ3n) is 3.77. The third kappa shape index (κ3) is 2.56. The van der Waals surface area contributed by atoms with E-state index in [1.807, 2.05) is 31.2 Å². The number of aryl methyl sites for hydroxylation is 1. The molecule has 0 amide bonds. The molecule has 1 aromatic heterocycles. The number of hydrogen-bond donors (Lipinski definition) is 1. The number of para-hydroxylation sites is 1. The lowest BCUT2D eigenvalue weighted by Gasteiger charge is -2.28. The minimum absolute atomic E-state index is 0.0957. The molecule has 1 fully saturated rings. The fourth-order valence-corrected chi connectivity index (χ4v) is 2.69. The van der Waals surface area contributed by atoms with Crippen molar-refractivity contribution in [3.8, 4) is 5.75 Å². The molecule has 0 spiro atoms. The Kier molecular flexibility index (Phi) is 3.38. The molecule has 19 heavy (non-hydrogen) atoms. The smallest absolute Gasteiger partial charge is 0.146 e. The Bertz CT molecular complexity index is 582. The molecule has 3 heteroatoms. The number of hydrogen-bond acceptors (Lipinski definition) is 3. The van der Waals surface area contributed by atoms with Gasteiger partial charge in [-0.3, -0.25) is 0 Å². The number of aromatic nitrogens is 1. The maximum atomic E-state index is 10.0. The van der Waals surface area contributed by atoms with Gasteiger partial charge in [-0.15, -0.1) is 0 Å². The van der Waals surface area contributed by atoms with E-state index in [4.69, 9.17) is 4.74 Å². The number of rotatable bonds is 2. The van der Waals surface area contributed by atoms with Crippen molar-refractivity contribution in [3.05, 3.63) is 36.0 Å². The normalized spacial score (nSPS) is 23.5. The number of nitrogens with zero attached hydrogens (tertiary/aromatic N) is 1. The van der Waals surface area contributed by atoms with Crippen molar-refractivity contribution in [2.45, 2.75) is 44.8 Å². The van der Waals surface area contributed by atoms with Gasteiger partial charge in [0.2, 0.25) is 0 Å². The summed E-state index contributed by atoms with van der Waals surface area (Å²) in [5.41, 5.74) is 1.87. The molecule has 0 bridgehead atoms. The minimum Gasteiger partial charge on any atom is -0.485 e. The van der Waals surface area contributed by atoms with E-state index in [-0.39, 0.29) is 12.2 Å². The van der Waals surface area contributed by atoms with Gasteiger partial charge >= 0.3 is 0 Å². The number of aliphatic hydroxyl groups is 1. The van der Waals surface area contributed by atoms with E-state index < -0.39 is 0 Å². The van der Waals surface area contributed by atoms with E-state index in [9.17, 15) is 5.11 Å². The van der Waals surface area contributed by atoms with Crippen molar-refractivity contribution in [1.29, 1.82) is 0 Å². The van der Waals surface area contributed by atoms with E-state index in [2.05, 4.69) is 11.1 Å². The molecule has 0 unspecified atom stereocenters. The summed E-state index contributed by atoms with van der Waals surface area (Å²) in [5, 5.41) is 11.1. The highest BCUT2D eigenvalue weighted by Gasteiger charge is 2.25. The Morgan fingerprint density at radius 2 is 2.00 bits per heavy atom. The zero-order chi connectivity index (χ0) is 13.2. The van der Waals surface area contributed by atoms with Gasteiger partial charge in [0, 0.05) is 11.1 Å². The van der Waals surface area contributed by atoms with Crippen molar-refractivity contribution in [3.63, 3.8) is 0 Å². The van der Waals surface area contributed by atoms with Gasteiger partial charge in [0.05, 0.1) is 6.10 Å². The highest BCUT2D eigenvalue weighted by Crippen LogP contribution is 2.28. The summed E-state index contributed by atoms with van der Waals surface area (Å²) in [6.45, 7) is 1.98. The molecular formula is C16H19NO2. The number of benzene rings is 1. The van der Waals surface area contributed by atoms with E-state index in [1.165, 1.54) is 0 Å². The summed E-state index contributed by atoms with van der Waals surface area (Å²) in [6, 6.07) is 10.0. The van der Waals surface area contributed by atoms with Gasteiger partial charge in [0.25, 0.3) is 0 Å². The molecule has 0 radical (unpaired) electrons. The van der Waals surface area contributed by atoms with E-state index >= 15 is 0 Å². The van der Waals surface area contributed by atoms with Gasteiger partial charge in [-0.05, 0) is 38.3 Å². The van der Waals surface area contributed by atoms with Gasteiger partial charge < -0.3 is 9.84 Å². The quantitative estimate of drug-likeness (QED) is 0.898. The summed E-state index contributed by atoms with van der Waals surface area (Å²) in [7, 11) is 0. The van der Waals surface area contributed by atoms with Crippen molar-refractivity contribution in [2.24, 2.45) is 0 Å². The summed E-state index contributed by atoms with van der Waals surface area (Å²) in [5.74, 6) is 0.784. The first kappa shape index (κ1) is 12.4. The fraction of sp³-hybridized carbons (Fsp3) is 0.438. The van der Waals surface area contributed by atoms with Crippen LogP contribution in [0.25, 0.3) is 10.9 Å². The number of pyridine rings is 1. The third-order valence-corrected chi connectivity index (χ3v) is 3.77. The van der Waals surface area contributed by atoms with Gasteiger partial charge in [-0.1, -0.05) is 24.6 Å². The van der Waals surface area contributed by atoms with Gasteiger partial charge in [0.1, 0.15) is 17.4 Å². The van der Waals surface area contributed by atoms with Crippen molar-refractivity contribution in [2.75, 3.05) is 0 Å². The van der Waals surface area contributed by atoms with Gasteiger partial charge in [-0.2, -0.15) is 0 Å². The topological polar surface area (TPSA) is 42.4 Å². The molecule has 1 saturated carbocycles. The average molecular weight is 257 g/mol. The average Bonchev–Trinajstić information content (AvgIpc) is 2.42. The van der Waals surface area contributed by atoms with Crippen LogP contribution in [0.3, 0.4) is 0 Å². The van der Waals surface area contributed by atoms with Crippen LogP contribution in [0.1, 0.15) is 31.4 Å². The Morgan fingerprint density at radius 3 is 2.84 bits per heavy atom. The summed E-state index contributed by atoms with van der Waals surface area (Å²) in [6.07, 6.45) is 3.52. The van der Waals surface area contributed by atoms with Crippen LogP contribution >= 0.6 is 0 Å². The lowest BCUT2D eigenvalue weighted by Crippen LogP contribution is -2.34. The second kappa shape index (κ2) is 5.17. The lowest BCUT2D eigenvalue weighted by atomic mass is 9.95. The van der Waals surface area contributed by atoms with Crippen LogP contribution in [0.2, 0.25) is 0 Å². The summed E-state index contributed by atoms with van der Waals surface area (Å²) >= 11 is 0. The molecule has 0 aliphatic heterocycles. The first-order chi connectivity index (χ1) is 9.24. The van der Waals surface area contributed by atoms with Crippen molar-refractivity contribution >= 4 is 10.9 Å². The molecule has 0 saturated heterocycles. The molecule has 100 valence electrons. The minimum atomic E-state index is -0.353. The largest absolute Gasteiger partial charge is 0.485 e. The number of ether oxygens (including phenoxy) is 1. The zero-order valence-corrected chi connectivity index (χ0v) is 11.2. The monoisotopic (exact) mass is 257 g/mol. The molecule has 2 atom stereocenters. The second-order valence-electron chi connectivity index (χ2n) is 5.29. The molecule has 1 heterocycles. The van der Waals surface area contributed by atoms with Crippen molar-refractivity contribution in [1.82, 2.24) is 4.98 Å². The van der Waals surface area contributed by atoms with Crippen LogP contribution < -0.4 is 4.74 Å². The molecule has 1 aromatic carbocycles. The van der Waals surface area contributed by atoms with E-state index in [0.29, 0.717) is 0 Å². The highest BCUT2D eigenvalue weighted by molar-refractivity contribution is 5.84. The van der Waals surface area contributed by atoms with Crippen LogP contribution in [-0.2, 0) is 0 Å². The standard InChI is InChI=1S/C16H19NO2/c1-11-9-10-12-5-4-8-15(16(12)17-11)19-14-7-3-2-6-13(14)18/h4-5,8-10,13-14,18H,2-3,6-7H2,1H3/t13-,14-/m1/s1. The fourth-order valence-electron chi connectivity index (χ4n) is 2.69. The van der Waals surface area contributed by atoms with E-state index in [0.717, 1.165) is 48.0 Å². The summed E-state index contributed by atoms with van der Waals surface area (Å²) < 4.78 is 6.02. The maximum absolute atomic E-state index is 10.0. The molecular weight excluding hydrogens is 238 g/mol. The van der Waals surface area contributed by atoms with Gasteiger partial charge in [0.15, 0.2) is 0 Å². The Hall–Kier alpha value is -1.61. The van der Waals surface area contributed by atoms with Crippen LogP contribution in [0.5, 0.6) is 5.75 Å². The highest BCUT2D eigenvalue weighted by atomic mass is 16.5. The zero-order valence-electron chi connectivity index (χ0n) is 11.2. The van der Waals surface area contributed by atoms with Crippen molar-refractivity contribution < 1.29 is 9.84 Å². The molecule has 2 aromatic rings. The van der Waals surface area contributed by atoms with Crippen LogP contribution in [-0.4, -0.2) is 22.3 Å². The first-order valence-electron chi connectivity index (χ1n) is 6.95. The molecule has 3 rings (SSSR count). The van der Waals surface area contributed by atoms with Crippen LogP contribution in [0, 0.1) is 6.92 Å². The Labute approximate surface area is 113 Å². The van der Waals surface area contributed by atoms with Crippen LogP contribution in [0.4, 0.5) is 0 Å². The lowest BCUT2D eigenvalue weighted by molar-refractivity contribution is 0.00758. The molecule has 3 nitrogen and oxygen atoms in total. The van der Waals surface area contributed by atoms with E-state index in [1.54, 1.807) is 0 Å². The molecule has 1 N–H and O–H groups in total. The van der Waals surface area contributed by atoms with Crippen LogP contribution in [0.15, 0.2) is 30.3 Å². The molecule has 1 aliphatic carbocycles. The number of fused-ring (bicyclic) bond motifs is 1. The Morgan fingerprint density at radius 1 is 1.16 bits per heavy atom. The molecule has 1 aliphatic rings. The predicted octanol–water partition coefficient (Wildman–Crippen LogP) is 3.23. The first-order valence-corrected chi connectivity index (χ1v) is 6.95. The SMILES string of the molecule is Cc1ccc2cccc(O[C@@H]3CCCC[C@H]3O)c2n1. The second-order valence-corrected chi connectivity index (χ2v) is 5.29. The number of aliphatic hydroxyl groups excluding tert-OH is 1. The Balaban J connectivity index is 1.93.